The Kier molecular flexibility index (Phi) is 4.93. The molecule has 1 saturated carbocycles. The molecule has 1 heterocycles. The molecule has 2 fully saturated rings. The minimum Gasteiger partial charge on any atom is -0.481 e. The molecule has 0 atom stereocenters. The van der Waals surface area contributed by atoms with Gasteiger partial charge in [-0.15, -0.1) is 0 Å². The summed E-state index contributed by atoms with van der Waals surface area (Å²) in [4.78, 5) is 40.2. The van der Waals surface area contributed by atoms with Gasteiger partial charge in [0.15, 0.2) is 0 Å². The van der Waals surface area contributed by atoms with Crippen molar-refractivity contribution in [1.82, 2.24) is 14.7 Å². The second-order valence-electron chi connectivity index (χ2n) is 6.55. The average molecular weight is 311 g/mol. The van der Waals surface area contributed by atoms with Crippen molar-refractivity contribution in [3.05, 3.63) is 0 Å². The van der Waals surface area contributed by atoms with Crippen molar-refractivity contribution in [3.63, 3.8) is 0 Å². The lowest BCUT2D eigenvalue weighted by Crippen LogP contribution is -2.51. The Bertz CT molecular complexity index is 452. The van der Waals surface area contributed by atoms with Gasteiger partial charge < -0.3 is 19.8 Å². The summed E-state index contributed by atoms with van der Waals surface area (Å²) in [5, 5.41) is 8.90. The summed E-state index contributed by atoms with van der Waals surface area (Å²) in [6.45, 7) is 1.20. The smallest absolute Gasteiger partial charge is 0.319 e. The number of carbonyl (C=O) groups excluding carboxylic acids is 2. The van der Waals surface area contributed by atoms with Gasteiger partial charge in [-0.05, 0) is 25.7 Å². The van der Waals surface area contributed by atoms with Crippen LogP contribution < -0.4 is 0 Å². The molecule has 0 radical (unpaired) electrons. The first-order chi connectivity index (χ1) is 10.3. The van der Waals surface area contributed by atoms with E-state index in [0.29, 0.717) is 38.8 Å². The number of likely N-dealkylation sites (tertiary alicyclic amines) is 1. The summed E-state index contributed by atoms with van der Waals surface area (Å²) in [7, 11) is 5.22. The van der Waals surface area contributed by atoms with Gasteiger partial charge >= 0.3 is 12.0 Å². The Morgan fingerprint density at radius 3 is 2.00 bits per heavy atom. The fourth-order valence-electron chi connectivity index (χ4n) is 3.17. The molecule has 0 unspecified atom stereocenters. The molecule has 2 rings (SSSR count). The van der Waals surface area contributed by atoms with E-state index in [9.17, 15) is 14.4 Å². The van der Waals surface area contributed by atoms with Crippen LogP contribution in [0.5, 0.6) is 0 Å². The summed E-state index contributed by atoms with van der Waals surface area (Å²) in [6.07, 6.45) is 2.46. The van der Waals surface area contributed by atoms with Crippen molar-refractivity contribution in [3.8, 4) is 0 Å². The highest BCUT2D eigenvalue weighted by Crippen LogP contribution is 2.33. The van der Waals surface area contributed by atoms with Gasteiger partial charge in [0.25, 0.3) is 0 Å². The number of amides is 3. The first kappa shape index (κ1) is 16.6. The van der Waals surface area contributed by atoms with Crippen LogP contribution in [0.25, 0.3) is 0 Å². The van der Waals surface area contributed by atoms with E-state index in [0.717, 1.165) is 0 Å². The molecular weight excluding hydrogens is 286 g/mol. The van der Waals surface area contributed by atoms with E-state index < -0.39 is 5.97 Å². The largest absolute Gasteiger partial charge is 0.481 e. The van der Waals surface area contributed by atoms with Crippen LogP contribution in [0.15, 0.2) is 0 Å². The first-order valence-electron chi connectivity index (χ1n) is 7.77. The summed E-state index contributed by atoms with van der Waals surface area (Å²) in [5.41, 5.74) is 0. The maximum Gasteiger partial charge on any atom is 0.319 e. The molecule has 7 nitrogen and oxygen atoms in total. The molecule has 1 saturated heterocycles. The SMILES string of the molecule is CN(C)C(=O)N1CCC(C(=O)N(C)C2CC(C(=O)O)C2)CC1. The van der Waals surface area contributed by atoms with Crippen LogP contribution >= 0.6 is 0 Å². The third-order valence-electron chi connectivity index (χ3n) is 4.86. The summed E-state index contributed by atoms with van der Waals surface area (Å²) >= 11 is 0. The molecule has 0 aromatic carbocycles. The van der Waals surface area contributed by atoms with Crippen molar-refractivity contribution in [2.45, 2.75) is 31.7 Å². The van der Waals surface area contributed by atoms with Crippen LogP contribution in [-0.2, 0) is 9.59 Å². The molecule has 1 N–H and O–H groups in total. The van der Waals surface area contributed by atoms with Crippen molar-refractivity contribution in [2.24, 2.45) is 11.8 Å². The lowest BCUT2D eigenvalue weighted by Gasteiger charge is -2.41. The average Bonchev–Trinajstić information content (AvgIpc) is 2.43. The first-order valence-corrected chi connectivity index (χ1v) is 7.77. The monoisotopic (exact) mass is 311 g/mol. The number of hydrogen-bond acceptors (Lipinski definition) is 3. The predicted molar refractivity (Wildman–Crippen MR) is 80.3 cm³/mol. The lowest BCUT2D eigenvalue weighted by atomic mass is 9.79. The zero-order valence-corrected chi connectivity index (χ0v) is 13.5. The maximum absolute atomic E-state index is 12.5. The number of rotatable bonds is 3. The number of urea groups is 1. The molecule has 124 valence electrons. The molecule has 0 spiro atoms. The molecule has 3 amide bonds. The van der Waals surface area contributed by atoms with E-state index in [1.165, 1.54) is 0 Å². The normalized spacial score (nSPS) is 25.3. The van der Waals surface area contributed by atoms with Gasteiger partial charge in [-0.3, -0.25) is 9.59 Å². The number of carbonyl (C=O) groups is 3. The highest BCUT2D eigenvalue weighted by Gasteiger charge is 2.40. The summed E-state index contributed by atoms with van der Waals surface area (Å²) in [5.74, 6) is -1.04. The van der Waals surface area contributed by atoms with E-state index in [1.807, 2.05) is 0 Å². The number of aliphatic carboxylic acids is 1. The molecule has 0 aromatic heterocycles. The minimum absolute atomic E-state index is 0.0115. The molecule has 7 heteroatoms. The molecule has 22 heavy (non-hydrogen) atoms. The zero-order chi connectivity index (χ0) is 16.4. The molecular formula is C15H25N3O4. The van der Waals surface area contributed by atoms with Crippen LogP contribution in [-0.4, -0.2) is 78.0 Å². The number of nitrogens with zero attached hydrogens (tertiary/aromatic N) is 3. The standard InChI is InChI=1S/C15H25N3O4/c1-16(2)15(22)18-6-4-10(5-7-18)13(19)17(3)12-8-11(9-12)14(20)21/h10-12H,4-9H2,1-3H3,(H,20,21). The van der Waals surface area contributed by atoms with Crippen LogP contribution in [0, 0.1) is 11.8 Å². The molecule has 0 bridgehead atoms. The highest BCUT2D eigenvalue weighted by molar-refractivity contribution is 5.80. The van der Waals surface area contributed by atoms with Crippen LogP contribution in [0.4, 0.5) is 4.79 Å². The second-order valence-corrected chi connectivity index (χ2v) is 6.55. The van der Waals surface area contributed by atoms with Crippen molar-refractivity contribution in [2.75, 3.05) is 34.2 Å². The van der Waals surface area contributed by atoms with Gasteiger partial charge in [-0.1, -0.05) is 0 Å². The van der Waals surface area contributed by atoms with E-state index in [1.54, 1.807) is 35.8 Å². The maximum atomic E-state index is 12.5. The lowest BCUT2D eigenvalue weighted by molar-refractivity contribution is -0.151. The second kappa shape index (κ2) is 6.54. The fraction of sp³-hybridized carbons (Fsp3) is 0.800. The van der Waals surface area contributed by atoms with Gasteiger partial charge in [0.1, 0.15) is 0 Å². The Labute approximate surface area is 130 Å². The van der Waals surface area contributed by atoms with Crippen LogP contribution in [0.3, 0.4) is 0 Å². The van der Waals surface area contributed by atoms with E-state index in [2.05, 4.69) is 0 Å². The molecule has 1 aliphatic carbocycles. The van der Waals surface area contributed by atoms with Crippen LogP contribution in [0.2, 0.25) is 0 Å². The van der Waals surface area contributed by atoms with Crippen molar-refractivity contribution < 1.29 is 19.5 Å². The zero-order valence-electron chi connectivity index (χ0n) is 13.5. The third-order valence-corrected chi connectivity index (χ3v) is 4.86. The van der Waals surface area contributed by atoms with Crippen molar-refractivity contribution in [1.29, 1.82) is 0 Å². The number of piperidine rings is 1. The van der Waals surface area contributed by atoms with Gasteiger partial charge in [0, 0.05) is 46.2 Å². The van der Waals surface area contributed by atoms with E-state index in [-0.39, 0.29) is 29.8 Å². The molecule has 0 aromatic rings. The Balaban J connectivity index is 1.80. The highest BCUT2D eigenvalue weighted by atomic mass is 16.4. The Morgan fingerprint density at radius 1 is 1.00 bits per heavy atom. The summed E-state index contributed by atoms with van der Waals surface area (Å²) in [6, 6.07) is 0.0394. The fourth-order valence-corrected chi connectivity index (χ4v) is 3.17. The van der Waals surface area contributed by atoms with Crippen LogP contribution in [0.1, 0.15) is 25.7 Å². The molecule has 2 aliphatic rings. The van der Waals surface area contributed by atoms with E-state index >= 15 is 0 Å². The molecule has 1 aliphatic heterocycles. The van der Waals surface area contributed by atoms with Crippen molar-refractivity contribution >= 4 is 17.9 Å². The van der Waals surface area contributed by atoms with Gasteiger partial charge in [0.05, 0.1) is 5.92 Å². The summed E-state index contributed by atoms with van der Waals surface area (Å²) < 4.78 is 0. The van der Waals surface area contributed by atoms with Gasteiger partial charge in [0.2, 0.25) is 5.91 Å². The predicted octanol–water partition coefficient (Wildman–Crippen LogP) is 0.702. The topological polar surface area (TPSA) is 81.2 Å². The van der Waals surface area contributed by atoms with Gasteiger partial charge in [-0.2, -0.15) is 0 Å². The number of carboxylic acids is 1. The number of hydrogen-bond donors (Lipinski definition) is 1. The van der Waals surface area contributed by atoms with E-state index in [4.69, 9.17) is 5.11 Å². The Hall–Kier alpha value is -1.79. The minimum atomic E-state index is -0.771. The quantitative estimate of drug-likeness (QED) is 0.832. The number of carboxylic acid groups (broad SMARTS) is 1. The van der Waals surface area contributed by atoms with Gasteiger partial charge in [-0.25, -0.2) is 4.79 Å². The Morgan fingerprint density at radius 2 is 1.55 bits per heavy atom. The third kappa shape index (κ3) is 3.34.